The van der Waals surface area contributed by atoms with Crippen LogP contribution in [0.1, 0.15) is 29.3 Å². The molecule has 0 aliphatic carbocycles. The van der Waals surface area contributed by atoms with Crippen molar-refractivity contribution in [2.45, 2.75) is 24.6 Å². The molecular formula is C17H18Br2O. The molecule has 3 heteroatoms. The summed E-state index contributed by atoms with van der Waals surface area (Å²) in [5, 5.41) is 0. The molecule has 0 fully saturated rings. The van der Waals surface area contributed by atoms with Crippen LogP contribution in [-0.4, -0.2) is 6.61 Å². The van der Waals surface area contributed by atoms with Gasteiger partial charge in [-0.2, -0.15) is 0 Å². The zero-order valence-electron chi connectivity index (χ0n) is 11.5. The van der Waals surface area contributed by atoms with E-state index >= 15 is 0 Å². The Kier molecular flexibility index (Phi) is 6.11. The van der Waals surface area contributed by atoms with E-state index in [4.69, 9.17) is 4.74 Å². The van der Waals surface area contributed by atoms with Crippen LogP contribution in [0.25, 0.3) is 0 Å². The standard InChI is InChI=1S/C17H18Br2O/c1-2-10-20-17-9-8-14(12-16(17)19)15(18)11-13-6-4-3-5-7-13/h3-9,12,15H,2,10-11H2,1H3. The van der Waals surface area contributed by atoms with Gasteiger partial charge < -0.3 is 4.74 Å². The van der Waals surface area contributed by atoms with Crippen LogP contribution in [0.4, 0.5) is 0 Å². The summed E-state index contributed by atoms with van der Waals surface area (Å²) in [5.41, 5.74) is 2.58. The molecular weight excluding hydrogens is 380 g/mol. The lowest BCUT2D eigenvalue weighted by atomic mass is 10.0. The average molecular weight is 398 g/mol. The van der Waals surface area contributed by atoms with E-state index in [1.165, 1.54) is 11.1 Å². The van der Waals surface area contributed by atoms with E-state index in [0.717, 1.165) is 29.7 Å². The van der Waals surface area contributed by atoms with Gasteiger partial charge in [-0.3, -0.25) is 0 Å². The Hall–Kier alpha value is -0.800. The van der Waals surface area contributed by atoms with Gasteiger partial charge in [-0.15, -0.1) is 0 Å². The van der Waals surface area contributed by atoms with E-state index < -0.39 is 0 Å². The minimum absolute atomic E-state index is 0.307. The molecule has 106 valence electrons. The Morgan fingerprint density at radius 3 is 2.50 bits per heavy atom. The van der Waals surface area contributed by atoms with Crippen LogP contribution in [0.15, 0.2) is 53.0 Å². The lowest BCUT2D eigenvalue weighted by Crippen LogP contribution is -1.98. The topological polar surface area (TPSA) is 9.23 Å². The van der Waals surface area contributed by atoms with Gasteiger partial charge in [0.1, 0.15) is 5.75 Å². The van der Waals surface area contributed by atoms with Gasteiger partial charge in [-0.1, -0.05) is 59.3 Å². The maximum atomic E-state index is 5.68. The third kappa shape index (κ3) is 4.35. The predicted molar refractivity (Wildman–Crippen MR) is 91.7 cm³/mol. The van der Waals surface area contributed by atoms with Gasteiger partial charge in [0.15, 0.2) is 0 Å². The fraction of sp³-hybridized carbons (Fsp3) is 0.294. The molecule has 0 aromatic heterocycles. The number of halogens is 2. The number of hydrogen-bond donors (Lipinski definition) is 0. The summed E-state index contributed by atoms with van der Waals surface area (Å²) in [5.74, 6) is 0.912. The van der Waals surface area contributed by atoms with E-state index in [0.29, 0.717) is 4.83 Å². The predicted octanol–water partition coefficient (Wildman–Crippen LogP) is 5.92. The lowest BCUT2D eigenvalue weighted by molar-refractivity contribution is 0.315. The summed E-state index contributed by atoms with van der Waals surface area (Å²) in [6.45, 7) is 2.86. The highest BCUT2D eigenvalue weighted by Crippen LogP contribution is 2.33. The van der Waals surface area contributed by atoms with Crippen molar-refractivity contribution in [3.8, 4) is 5.75 Å². The Bertz CT molecular complexity index is 540. The minimum Gasteiger partial charge on any atom is -0.492 e. The average Bonchev–Trinajstić information content (AvgIpc) is 2.47. The molecule has 2 rings (SSSR count). The Balaban J connectivity index is 2.07. The molecule has 1 nitrogen and oxygen atoms in total. The van der Waals surface area contributed by atoms with Crippen molar-refractivity contribution in [3.05, 3.63) is 64.1 Å². The van der Waals surface area contributed by atoms with Crippen molar-refractivity contribution in [2.24, 2.45) is 0 Å². The quantitative estimate of drug-likeness (QED) is 0.550. The highest BCUT2D eigenvalue weighted by Gasteiger charge is 2.11. The van der Waals surface area contributed by atoms with Gasteiger partial charge in [0.05, 0.1) is 11.1 Å². The molecule has 2 aromatic carbocycles. The monoisotopic (exact) mass is 396 g/mol. The van der Waals surface area contributed by atoms with Gasteiger partial charge in [-0.05, 0) is 52.0 Å². The summed E-state index contributed by atoms with van der Waals surface area (Å²) in [6.07, 6.45) is 1.99. The highest BCUT2D eigenvalue weighted by atomic mass is 79.9. The van der Waals surface area contributed by atoms with Crippen molar-refractivity contribution in [3.63, 3.8) is 0 Å². The number of ether oxygens (including phenoxy) is 1. The van der Waals surface area contributed by atoms with Gasteiger partial charge in [0.2, 0.25) is 0 Å². The third-order valence-corrected chi connectivity index (χ3v) is 4.51. The maximum absolute atomic E-state index is 5.68. The summed E-state index contributed by atoms with van der Waals surface area (Å²) >= 11 is 7.36. The van der Waals surface area contributed by atoms with Gasteiger partial charge in [-0.25, -0.2) is 0 Å². The maximum Gasteiger partial charge on any atom is 0.133 e. The normalized spacial score (nSPS) is 12.2. The van der Waals surface area contributed by atoms with Crippen LogP contribution >= 0.6 is 31.9 Å². The zero-order valence-corrected chi connectivity index (χ0v) is 14.7. The van der Waals surface area contributed by atoms with Crippen LogP contribution in [-0.2, 0) is 6.42 Å². The number of alkyl halides is 1. The number of rotatable bonds is 6. The van der Waals surface area contributed by atoms with Gasteiger partial charge in [0.25, 0.3) is 0 Å². The van der Waals surface area contributed by atoms with Crippen LogP contribution < -0.4 is 4.74 Å². The van der Waals surface area contributed by atoms with Crippen LogP contribution in [0.5, 0.6) is 5.75 Å². The molecule has 0 aliphatic heterocycles. The number of benzene rings is 2. The van der Waals surface area contributed by atoms with E-state index in [-0.39, 0.29) is 0 Å². The first-order chi connectivity index (χ1) is 9.70. The minimum atomic E-state index is 0.307. The highest BCUT2D eigenvalue weighted by molar-refractivity contribution is 9.10. The first kappa shape index (κ1) is 15.6. The van der Waals surface area contributed by atoms with E-state index in [9.17, 15) is 0 Å². The molecule has 1 unspecified atom stereocenters. The van der Waals surface area contributed by atoms with Crippen molar-refractivity contribution in [1.82, 2.24) is 0 Å². The fourth-order valence-electron chi connectivity index (χ4n) is 1.98. The summed E-state index contributed by atoms with van der Waals surface area (Å²) < 4.78 is 6.69. The van der Waals surface area contributed by atoms with Crippen molar-refractivity contribution < 1.29 is 4.74 Å². The molecule has 0 saturated heterocycles. The lowest BCUT2D eigenvalue weighted by Gasteiger charge is -2.13. The molecule has 2 aromatic rings. The first-order valence-electron chi connectivity index (χ1n) is 6.81. The first-order valence-corrected chi connectivity index (χ1v) is 8.51. The van der Waals surface area contributed by atoms with E-state index in [1.54, 1.807) is 0 Å². The third-order valence-electron chi connectivity index (χ3n) is 3.04. The molecule has 0 bridgehead atoms. The van der Waals surface area contributed by atoms with E-state index in [2.05, 4.69) is 75.2 Å². The van der Waals surface area contributed by atoms with Gasteiger partial charge >= 0.3 is 0 Å². The molecule has 0 spiro atoms. The largest absolute Gasteiger partial charge is 0.492 e. The zero-order chi connectivity index (χ0) is 14.4. The second-order valence-corrected chi connectivity index (χ2v) is 6.66. The Morgan fingerprint density at radius 2 is 1.85 bits per heavy atom. The molecule has 1 atom stereocenters. The Morgan fingerprint density at radius 1 is 1.10 bits per heavy atom. The van der Waals surface area contributed by atoms with Crippen LogP contribution in [0.2, 0.25) is 0 Å². The van der Waals surface area contributed by atoms with Gasteiger partial charge in [0, 0.05) is 4.83 Å². The van der Waals surface area contributed by atoms with E-state index in [1.807, 2.05) is 12.1 Å². The second kappa shape index (κ2) is 7.84. The van der Waals surface area contributed by atoms with Crippen LogP contribution in [0, 0.1) is 0 Å². The molecule has 0 N–H and O–H groups in total. The Labute approximate surface area is 137 Å². The summed E-state index contributed by atoms with van der Waals surface area (Å²) in [4.78, 5) is 0.307. The SMILES string of the molecule is CCCOc1ccc(C(Br)Cc2ccccc2)cc1Br. The van der Waals surface area contributed by atoms with Crippen molar-refractivity contribution in [2.75, 3.05) is 6.61 Å². The molecule has 0 aliphatic rings. The fourth-order valence-corrected chi connectivity index (χ4v) is 3.15. The molecule has 0 heterocycles. The van der Waals surface area contributed by atoms with Crippen molar-refractivity contribution >= 4 is 31.9 Å². The molecule has 0 saturated carbocycles. The molecule has 0 amide bonds. The van der Waals surface area contributed by atoms with Crippen molar-refractivity contribution in [1.29, 1.82) is 0 Å². The molecule has 20 heavy (non-hydrogen) atoms. The smallest absolute Gasteiger partial charge is 0.133 e. The van der Waals surface area contributed by atoms with Crippen LogP contribution in [0.3, 0.4) is 0 Å². The summed E-state index contributed by atoms with van der Waals surface area (Å²) in [6, 6.07) is 16.8. The summed E-state index contributed by atoms with van der Waals surface area (Å²) in [7, 11) is 0. The molecule has 0 radical (unpaired) electrons. The number of hydrogen-bond acceptors (Lipinski definition) is 1. The second-order valence-electron chi connectivity index (χ2n) is 4.70.